The lowest BCUT2D eigenvalue weighted by Crippen LogP contribution is -2.38. The highest BCUT2D eigenvalue weighted by Gasteiger charge is 2.26. The first kappa shape index (κ1) is 12.5. The van der Waals surface area contributed by atoms with Crippen LogP contribution < -0.4 is 9.47 Å². The maximum absolute atomic E-state index is 5.93. The van der Waals surface area contributed by atoms with Crippen LogP contribution in [0, 0.1) is 0 Å². The van der Waals surface area contributed by atoms with Crippen molar-refractivity contribution in [3.8, 4) is 11.5 Å². The molecule has 2 nitrogen and oxygen atoms in total. The Morgan fingerprint density at radius 1 is 0.778 bits per heavy atom. The van der Waals surface area contributed by atoms with Crippen LogP contribution >= 0.6 is 0 Å². The van der Waals surface area contributed by atoms with E-state index in [0.29, 0.717) is 0 Å². The summed E-state index contributed by atoms with van der Waals surface area (Å²) in [4.78, 5) is 0. The predicted molar refractivity (Wildman–Crippen MR) is 72.8 cm³/mol. The average molecular weight is 242 g/mol. The Balaban J connectivity index is 2.11. The van der Waals surface area contributed by atoms with Gasteiger partial charge in [-0.1, -0.05) is 43.3 Å². The molecule has 0 aliphatic heterocycles. The molecule has 0 saturated heterocycles. The quantitative estimate of drug-likeness (QED) is 0.729. The summed E-state index contributed by atoms with van der Waals surface area (Å²) < 4.78 is 11.9. The smallest absolute Gasteiger partial charge is 0.248 e. The molecule has 0 amide bonds. The molecule has 0 atom stereocenters. The van der Waals surface area contributed by atoms with E-state index in [-0.39, 0.29) is 0 Å². The second-order valence-electron chi connectivity index (χ2n) is 4.32. The Morgan fingerprint density at radius 3 is 1.50 bits per heavy atom. The van der Waals surface area contributed by atoms with E-state index in [1.165, 1.54) is 0 Å². The Hall–Kier alpha value is -1.96. The molecule has 2 heteroatoms. The van der Waals surface area contributed by atoms with Crippen molar-refractivity contribution in [2.24, 2.45) is 0 Å². The van der Waals surface area contributed by atoms with Crippen LogP contribution in [0.25, 0.3) is 0 Å². The summed E-state index contributed by atoms with van der Waals surface area (Å²) in [6.45, 7) is 4.00. The summed E-state index contributed by atoms with van der Waals surface area (Å²) in [5.41, 5.74) is 0. The first-order valence-electron chi connectivity index (χ1n) is 6.20. The first-order valence-corrected chi connectivity index (χ1v) is 6.20. The summed E-state index contributed by atoms with van der Waals surface area (Å²) in [5.74, 6) is 0.985. The molecule has 0 radical (unpaired) electrons. The summed E-state index contributed by atoms with van der Waals surface area (Å²) in [6, 6.07) is 19.5. The largest absolute Gasteiger partial charge is 0.453 e. The van der Waals surface area contributed by atoms with Crippen LogP contribution in [0.2, 0.25) is 0 Å². The third kappa shape index (κ3) is 3.27. The van der Waals surface area contributed by atoms with Crippen LogP contribution in [0.5, 0.6) is 11.5 Å². The van der Waals surface area contributed by atoms with E-state index in [1.807, 2.05) is 74.5 Å². The zero-order chi connectivity index (χ0) is 12.8. The van der Waals surface area contributed by atoms with Gasteiger partial charge in [0, 0.05) is 13.3 Å². The van der Waals surface area contributed by atoms with Crippen molar-refractivity contribution < 1.29 is 9.47 Å². The molecule has 0 N–H and O–H groups in total. The number of hydrogen-bond donors (Lipinski definition) is 0. The summed E-state index contributed by atoms with van der Waals surface area (Å²) in [7, 11) is 0. The molecule has 0 aliphatic rings. The fourth-order valence-electron chi connectivity index (χ4n) is 1.64. The van der Waals surface area contributed by atoms with Crippen molar-refractivity contribution in [1.82, 2.24) is 0 Å². The third-order valence-corrected chi connectivity index (χ3v) is 2.80. The lowest BCUT2D eigenvalue weighted by Gasteiger charge is -2.30. The number of ether oxygens (including phenoxy) is 2. The Bertz CT molecular complexity index is 423. The summed E-state index contributed by atoms with van der Waals surface area (Å²) >= 11 is 0. The van der Waals surface area contributed by atoms with Gasteiger partial charge in [-0.2, -0.15) is 0 Å². The maximum atomic E-state index is 5.93. The molecule has 0 saturated carbocycles. The maximum Gasteiger partial charge on any atom is 0.248 e. The molecular formula is C16H18O2. The third-order valence-electron chi connectivity index (χ3n) is 2.80. The molecule has 2 aromatic rings. The molecular weight excluding hydrogens is 224 g/mol. The Kier molecular flexibility index (Phi) is 3.88. The minimum absolute atomic E-state index is 0.650. The molecule has 0 bridgehead atoms. The van der Waals surface area contributed by atoms with Crippen LogP contribution in [-0.2, 0) is 0 Å². The Labute approximate surface area is 108 Å². The highest BCUT2D eigenvalue weighted by atomic mass is 16.7. The van der Waals surface area contributed by atoms with Gasteiger partial charge in [0.1, 0.15) is 11.5 Å². The minimum Gasteiger partial charge on any atom is -0.453 e. The molecule has 0 fully saturated rings. The standard InChI is InChI=1S/C16H18O2/c1-3-16(2,17-14-10-6-4-7-11-14)18-15-12-8-5-9-13-15/h4-13H,3H2,1-2H3. The molecule has 0 unspecified atom stereocenters. The van der Waals surface area contributed by atoms with Gasteiger partial charge in [-0.15, -0.1) is 0 Å². The second-order valence-corrected chi connectivity index (χ2v) is 4.32. The molecule has 18 heavy (non-hydrogen) atoms. The van der Waals surface area contributed by atoms with E-state index in [4.69, 9.17) is 9.47 Å². The highest BCUT2D eigenvalue weighted by molar-refractivity contribution is 5.24. The van der Waals surface area contributed by atoms with Crippen LogP contribution in [0.4, 0.5) is 0 Å². The number of para-hydroxylation sites is 2. The molecule has 0 heterocycles. The van der Waals surface area contributed by atoms with E-state index >= 15 is 0 Å². The van der Waals surface area contributed by atoms with Gasteiger partial charge in [0.2, 0.25) is 5.79 Å². The van der Waals surface area contributed by atoms with Crippen LogP contribution in [0.3, 0.4) is 0 Å². The van der Waals surface area contributed by atoms with Crippen molar-refractivity contribution >= 4 is 0 Å². The van der Waals surface area contributed by atoms with Gasteiger partial charge < -0.3 is 9.47 Å². The molecule has 2 aromatic carbocycles. The number of rotatable bonds is 5. The van der Waals surface area contributed by atoms with Gasteiger partial charge in [0.15, 0.2) is 0 Å². The summed E-state index contributed by atoms with van der Waals surface area (Å²) in [6.07, 6.45) is 0.761. The fourth-order valence-corrected chi connectivity index (χ4v) is 1.64. The van der Waals surface area contributed by atoms with E-state index in [2.05, 4.69) is 0 Å². The van der Waals surface area contributed by atoms with E-state index in [1.54, 1.807) is 0 Å². The zero-order valence-electron chi connectivity index (χ0n) is 10.8. The van der Waals surface area contributed by atoms with E-state index in [9.17, 15) is 0 Å². The fraction of sp³-hybridized carbons (Fsp3) is 0.250. The Morgan fingerprint density at radius 2 is 1.17 bits per heavy atom. The first-order chi connectivity index (χ1) is 8.72. The van der Waals surface area contributed by atoms with Gasteiger partial charge in [-0.25, -0.2) is 0 Å². The molecule has 0 spiro atoms. The van der Waals surface area contributed by atoms with Crippen molar-refractivity contribution in [1.29, 1.82) is 0 Å². The van der Waals surface area contributed by atoms with Crippen molar-refractivity contribution in [2.45, 2.75) is 26.1 Å². The van der Waals surface area contributed by atoms with Crippen molar-refractivity contribution in [3.63, 3.8) is 0 Å². The zero-order valence-corrected chi connectivity index (χ0v) is 10.8. The lowest BCUT2D eigenvalue weighted by molar-refractivity contribution is -0.0998. The number of hydrogen-bond acceptors (Lipinski definition) is 2. The van der Waals surface area contributed by atoms with Crippen molar-refractivity contribution in [3.05, 3.63) is 60.7 Å². The SMILES string of the molecule is CCC(C)(Oc1ccccc1)Oc1ccccc1. The van der Waals surface area contributed by atoms with Gasteiger partial charge >= 0.3 is 0 Å². The van der Waals surface area contributed by atoms with Crippen LogP contribution in [-0.4, -0.2) is 5.79 Å². The topological polar surface area (TPSA) is 18.5 Å². The second kappa shape index (κ2) is 5.58. The molecule has 2 rings (SSSR count). The van der Waals surface area contributed by atoms with E-state index in [0.717, 1.165) is 17.9 Å². The van der Waals surface area contributed by atoms with Crippen molar-refractivity contribution in [2.75, 3.05) is 0 Å². The molecule has 94 valence electrons. The molecule has 0 aliphatic carbocycles. The van der Waals surface area contributed by atoms with Crippen LogP contribution in [0.15, 0.2) is 60.7 Å². The molecule has 0 aromatic heterocycles. The average Bonchev–Trinajstić information content (AvgIpc) is 2.41. The van der Waals surface area contributed by atoms with Gasteiger partial charge in [0.05, 0.1) is 0 Å². The predicted octanol–water partition coefficient (Wildman–Crippen LogP) is 4.27. The van der Waals surface area contributed by atoms with Gasteiger partial charge in [-0.05, 0) is 24.3 Å². The van der Waals surface area contributed by atoms with Gasteiger partial charge in [-0.3, -0.25) is 0 Å². The summed E-state index contributed by atoms with van der Waals surface area (Å²) in [5, 5.41) is 0. The normalized spacial score (nSPS) is 11.0. The van der Waals surface area contributed by atoms with Gasteiger partial charge in [0.25, 0.3) is 0 Å². The van der Waals surface area contributed by atoms with E-state index < -0.39 is 5.79 Å². The number of benzene rings is 2. The minimum atomic E-state index is -0.650. The monoisotopic (exact) mass is 242 g/mol. The lowest BCUT2D eigenvalue weighted by atomic mass is 10.2. The van der Waals surface area contributed by atoms with Crippen LogP contribution in [0.1, 0.15) is 20.3 Å². The highest BCUT2D eigenvalue weighted by Crippen LogP contribution is 2.24.